The third-order valence-corrected chi connectivity index (χ3v) is 3.44. The van der Waals surface area contributed by atoms with E-state index < -0.39 is 0 Å². The number of rotatable bonds is 5. The van der Waals surface area contributed by atoms with Crippen LogP contribution in [-0.2, 0) is 13.1 Å². The molecule has 0 aliphatic heterocycles. The SMILES string of the molecule is CCn1nccc1CNCC1CCCC1O. The molecule has 1 heterocycles. The number of nitrogens with one attached hydrogen (secondary N) is 1. The van der Waals surface area contributed by atoms with E-state index in [1.165, 1.54) is 12.1 Å². The van der Waals surface area contributed by atoms with Crippen molar-refractivity contribution in [3.05, 3.63) is 18.0 Å². The lowest BCUT2D eigenvalue weighted by Gasteiger charge is -2.15. The number of hydrogen-bond donors (Lipinski definition) is 2. The Morgan fingerprint density at radius 2 is 2.44 bits per heavy atom. The molecule has 2 atom stereocenters. The molecule has 4 nitrogen and oxygen atoms in total. The smallest absolute Gasteiger partial charge is 0.0580 e. The van der Waals surface area contributed by atoms with E-state index in [1.807, 2.05) is 16.9 Å². The minimum absolute atomic E-state index is 0.0939. The summed E-state index contributed by atoms with van der Waals surface area (Å²) in [6.45, 7) is 4.76. The van der Waals surface area contributed by atoms with Gasteiger partial charge in [-0.25, -0.2) is 0 Å². The van der Waals surface area contributed by atoms with Gasteiger partial charge in [0.05, 0.1) is 11.8 Å². The quantitative estimate of drug-likeness (QED) is 0.787. The predicted molar refractivity (Wildman–Crippen MR) is 63.0 cm³/mol. The Kier molecular flexibility index (Phi) is 3.96. The van der Waals surface area contributed by atoms with E-state index in [-0.39, 0.29) is 6.10 Å². The van der Waals surface area contributed by atoms with Crippen molar-refractivity contribution >= 4 is 0 Å². The molecule has 1 aromatic heterocycles. The molecular weight excluding hydrogens is 202 g/mol. The fourth-order valence-corrected chi connectivity index (χ4v) is 2.44. The van der Waals surface area contributed by atoms with Crippen LogP contribution in [0, 0.1) is 5.92 Å². The molecule has 1 saturated carbocycles. The number of aryl methyl sites for hydroxylation is 1. The van der Waals surface area contributed by atoms with E-state index in [9.17, 15) is 5.11 Å². The molecule has 2 N–H and O–H groups in total. The zero-order chi connectivity index (χ0) is 11.4. The Hall–Kier alpha value is -0.870. The first kappa shape index (κ1) is 11.6. The van der Waals surface area contributed by atoms with Gasteiger partial charge in [-0.2, -0.15) is 5.10 Å². The van der Waals surface area contributed by atoms with E-state index in [0.29, 0.717) is 5.92 Å². The first-order valence-corrected chi connectivity index (χ1v) is 6.20. The predicted octanol–water partition coefficient (Wildman–Crippen LogP) is 1.15. The monoisotopic (exact) mass is 223 g/mol. The van der Waals surface area contributed by atoms with Crippen molar-refractivity contribution in [2.24, 2.45) is 5.92 Å². The van der Waals surface area contributed by atoms with Crippen LogP contribution < -0.4 is 5.32 Å². The Labute approximate surface area is 96.7 Å². The fraction of sp³-hybridized carbons (Fsp3) is 0.750. The van der Waals surface area contributed by atoms with Crippen molar-refractivity contribution < 1.29 is 5.11 Å². The lowest BCUT2D eigenvalue weighted by molar-refractivity contribution is 0.131. The molecule has 0 spiro atoms. The van der Waals surface area contributed by atoms with Gasteiger partial charge in [0.2, 0.25) is 0 Å². The first-order chi connectivity index (χ1) is 7.81. The summed E-state index contributed by atoms with van der Waals surface area (Å²) in [7, 11) is 0. The van der Waals surface area contributed by atoms with Crippen molar-refractivity contribution in [2.75, 3.05) is 6.54 Å². The molecule has 1 aromatic rings. The molecule has 0 saturated heterocycles. The molecule has 4 heteroatoms. The van der Waals surface area contributed by atoms with Crippen molar-refractivity contribution in [3.8, 4) is 0 Å². The molecule has 2 unspecified atom stereocenters. The van der Waals surface area contributed by atoms with Crippen LogP contribution in [0.3, 0.4) is 0 Å². The largest absolute Gasteiger partial charge is 0.393 e. The third-order valence-electron chi connectivity index (χ3n) is 3.44. The van der Waals surface area contributed by atoms with E-state index in [0.717, 1.165) is 32.5 Å². The Morgan fingerprint density at radius 3 is 3.12 bits per heavy atom. The Bertz CT molecular complexity index is 324. The molecule has 2 rings (SSSR count). The highest BCUT2D eigenvalue weighted by Crippen LogP contribution is 2.24. The summed E-state index contributed by atoms with van der Waals surface area (Å²) in [6, 6.07) is 2.04. The van der Waals surface area contributed by atoms with Crippen molar-refractivity contribution in [2.45, 2.75) is 45.4 Å². The molecule has 1 aliphatic rings. The Morgan fingerprint density at radius 1 is 1.56 bits per heavy atom. The zero-order valence-corrected chi connectivity index (χ0v) is 9.89. The minimum atomic E-state index is -0.0939. The lowest BCUT2D eigenvalue weighted by atomic mass is 10.1. The molecule has 90 valence electrons. The third kappa shape index (κ3) is 2.62. The van der Waals surface area contributed by atoms with Crippen LogP contribution in [0.1, 0.15) is 31.9 Å². The van der Waals surface area contributed by atoms with Gasteiger partial charge in [-0.3, -0.25) is 4.68 Å². The number of nitrogens with zero attached hydrogens (tertiary/aromatic N) is 2. The van der Waals surface area contributed by atoms with E-state index >= 15 is 0 Å². The maximum atomic E-state index is 9.69. The van der Waals surface area contributed by atoms with Gasteiger partial charge in [0, 0.05) is 25.8 Å². The average Bonchev–Trinajstić information content (AvgIpc) is 2.88. The molecule has 16 heavy (non-hydrogen) atoms. The molecular formula is C12H21N3O. The standard InChI is InChI=1S/C12H21N3O/c1-2-15-11(6-7-14-15)9-13-8-10-4-3-5-12(10)16/h6-7,10,12-13,16H,2-5,8-9H2,1H3. The lowest BCUT2D eigenvalue weighted by Crippen LogP contribution is -2.28. The summed E-state index contributed by atoms with van der Waals surface area (Å²) < 4.78 is 2.00. The van der Waals surface area contributed by atoms with Gasteiger partial charge in [-0.1, -0.05) is 6.42 Å². The molecule has 0 aromatic carbocycles. The molecule has 0 bridgehead atoms. The van der Waals surface area contributed by atoms with Gasteiger partial charge in [0.15, 0.2) is 0 Å². The normalized spacial score (nSPS) is 25.1. The zero-order valence-electron chi connectivity index (χ0n) is 9.89. The summed E-state index contributed by atoms with van der Waals surface area (Å²) >= 11 is 0. The van der Waals surface area contributed by atoms with Crippen molar-refractivity contribution in [3.63, 3.8) is 0 Å². The van der Waals surface area contributed by atoms with Crippen LogP contribution in [0.4, 0.5) is 0 Å². The fourth-order valence-electron chi connectivity index (χ4n) is 2.44. The van der Waals surface area contributed by atoms with Gasteiger partial charge in [-0.05, 0) is 31.7 Å². The first-order valence-electron chi connectivity index (χ1n) is 6.20. The number of aliphatic hydroxyl groups is 1. The summed E-state index contributed by atoms with van der Waals surface area (Å²) in [5.74, 6) is 0.443. The minimum Gasteiger partial charge on any atom is -0.393 e. The molecule has 1 aliphatic carbocycles. The summed E-state index contributed by atoms with van der Waals surface area (Å²) in [4.78, 5) is 0. The molecule has 1 fully saturated rings. The van der Waals surface area contributed by atoms with Gasteiger partial charge in [0.1, 0.15) is 0 Å². The second kappa shape index (κ2) is 5.46. The highest BCUT2D eigenvalue weighted by Gasteiger charge is 2.24. The van der Waals surface area contributed by atoms with Crippen LogP contribution in [0.5, 0.6) is 0 Å². The van der Waals surface area contributed by atoms with Gasteiger partial charge in [0.25, 0.3) is 0 Å². The summed E-state index contributed by atoms with van der Waals surface area (Å²) in [5, 5.41) is 17.3. The van der Waals surface area contributed by atoms with Crippen LogP contribution >= 0.6 is 0 Å². The van der Waals surface area contributed by atoms with Crippen molar-refractivity contribution in [1.29, 1.82) is 0 Å². The van der Waals surface area contributed by atoms with Crippen molar-refractivity contribution in [1.82, 2.24) is 15.1 Å². The molecule has 0 radical (unpaired) electrons. The van der Waals surface area contributed by atoms with Gasteiger partial charge < -0.3 is 10.4 Å². The number of aromatic nitrogens is 2. The van der Waals surface area contributed by atoms with Gasteiger partial charge >= 0.3 is 0 Å². The maximum Gasteiger partial charge on any atom is 0.0580 e. The van der Waals surface area contributed by atoms with Crippen LogP contribution in [0.25, 0.3) is 0 Å². The highest BCUT2D eigenvalue weighted by molar-refractivity contribution is 4.99. The highest BCUT2D eigenvalue weighted by atomic mass is 16.3. The van der Waals surface area contributed by atoms with Gasteiger partial charge in [-0.15, -0.1) is 0 Å². The van der Waals surface area contributed by atoms with Crippen LogP contribution in [-0.4, -0.2) is 27.5 Å². The Balaban J connectivity index is 1.75. The molecule has 0 amide bonds. The second-order valence-corrected chi connectivity index (χ2v) is 4.53. The van der Waals surface area contributed by atoms with E-state index in [4.69, 9.17) is 0 Å². The summed E-state index contributed by atoms with van der Waals surface area (Å²) in [5.41, 5.74) is 1.22. The second-order valence-electron chi connectivity index (χ2n) is 4.53. The number of hydrogen-bond acceptors (Lipinski definition) is 3. The van der Waals surface area contributed by atoms with Crippen LogP contribution in [0.2, 0.25) is 0 Å². The van der Waals surface area contributed by atoms with E-state index in [2.05, 4.69) is 17.3 Å². The average molecular weight is 223 g/mol. The maximum absolute atomic E-state index is 9.69. The summed E-state index contributed by atoms with van der Waals surface area (Å²) in [6.07, 6.45) is 5.04. The topological polar surface area (TPSA) is 50.1 Å². The van der Waals surface area contributed by atoms with E-state index in [1.54, 1.807) is 0 Å². The number of aliphatic hydroxyl groups excluding tert-OH is 1. The van der Waals surface area contributed by atoms with Crippen LogP contribution in [0.15, 0.2) is 12.3 Å².